The summed E-state index contributed by atoms with van der Waals surface area (Å²) in [5.41, 5.74) is 0.660. The van der Waals surface area contributed by atoms with E-state index in [2.05, 4.69) is 65.4 Å². The van der Waals surface area contributed by atoms with E-state index in [1.807, 2.05) is 6.08 Å². The minimum atomic E-state index is -2.20. The van der Waals surface area contributed by atoms with E-state index < -0.39 is 33.0 Å². The van der Waals surface area contributed by atoms with Crippen LogP contribution in [0, 0.1) is 40.4 Å². The fourth-order valence-electron chi connectivity index (χ4n) is 8.83. The number of hydrogen-bond acceptors (Lipinski definition) is 9. The van der Waals surface area contributed by atoms with Crippen LogP contribution in [0.15, 0.2) is 36.0 Å². The van der Waals surface area contributed by atoms with Crippen LogP contribution in [0.3, 0.4) is 0 Å². The van der Waals surface area contributed by atoms with Crippen LogP contribution < -0.4 is 0 Å². The maximum atomic E-state index is 13.9. The normalized spacial score (nSPS) is 34.7. The molecular formula is C36H54O9Si. The van der Waals surface area contributed by atoms with Crippen molar-refractivity contribution in [2.45, 2.75) is 97.6 Å². The summed E-state index contributed by atoms with van der Waals surface area (Å²) in [5.74, 6) is -0.494. The van der Waals surface area contributed by atoms with E-state index >= 15 is 0 Å². The van der Waals surface area contributed by atoms with Crippen LogP contribution in [0.25, 0.3) is 0 Å². The third kappa shape index (κ3) is 7.05. The number of carbonyl (C=O) groups is 4. The van der Waals surface area contributed by atoms with Crippen LogP contribution in [0.5, 0.6) is 0 Å². The van der Waals surface area contributed by atoms with Gasteiger partial charge in [0.15, 0.2) is 19.9 Å². The fraction of sp³-hybridized carbons (Fsp3) is 0.722. The molecule has 4 rings (SSSR count). The van der Waals surface area contributed by atoms with Gasteiger partial charge in [0.1, 0.15) is 12.7 Å². The number of aliphatic hydroxyl groups excluding tert-OH is 1. The van der Waals surface area contributed by atoms with Gasteiger partial charge in [-0.3, -0.25) is 9.59 Å². The molecule has 0 aromatic rings. The topological polar surface area (TPSA) is 125 Å². The Bertz CT molecular complexity index is 1290. The molecule has 0 heterocycles. The molecule has 256 valence electrons. The first kappa shape index (κ1) is 36.4. The average Bonchev–Trinajstić information content (AvgIpc) is 3.32. The van der Waals surface area contributed by atoms with Gasteiger partial charge in [-0.15, -0.1) is 0 Å². The van der Waals surface area contributed by atoms with Crippen molar-refractivity contribution in [1.82, 2.24) is 0 Å². The summed E-state index contributed by atoms with van der Waals surface area (Å²) >= 11 is 0. The molecule has 4 aliphatic carbocycles. The summed E-state index contributed by atoms with van der Waals surface area (Å²) in [6.45, 7) is 17.4. The van der Waals surface area contributed by atoms with Gasteiger partial charge in [0.05, 0.1) is 20.3 Å². The summed E-state index contributed by atoms with van der Waals surface area (Å²) < 4.78 is 22.7. The second-order valence-electron chi connectivity index (χ2n) is 15.9. The minimum Gasteiger partial charge on any atom is -0.466 e. The predicted octanol–water partition coefficient (Wildman–Crippen LogP) is 5.38. The Morgan fingerprint density at radius 1 is 1.13 bits per heavy atom. The zero-order valence-electron chi connectivity index (χ0n) is 29.1. The first-order chi connectivity index (χ1) is 21.4. The molecule has 46 heavy (non-hydrogen) atoms. The number of fused-ring (bicyclic) bond motifs is 5. The van der Waals surface area contributed by atoms with E-state index in [4.69, 9.17) is 13.9 Å². The minimum absolute atomic E-state index is 0.0146. The van der Waals surface area contributed by atoms with Gasteiger partial charge in [-0.25, -0.2) is 9.59 Å². The second-order valence-corrected chi connectivity index (χ2v) is 20.6. The van der Waals surface area contributed by atoms with Crippen LogP contribution in [0.2, 0.25) is 18.1 Å². The maximum absolute atomic E-state index is 13.9. The molecule has 9 nitrogen and oxygen atoms in total. The van der Waals surface area contributed by atoms with Crippen molar-refractivity contribution in [2.24, 2.45) is 40.4 Å². The molecule has 0 radical (unpaired) electrons. The van der Waals surface area contributed by atoms with E-state index in [1.54, 1.807) is 6.08 Å². The smallest absolute Gasteiger partial charge is 0.331 e. The van der Waals surface area contributed by atoms with Gasteiger partial charge in [0, 0.05) is 29.6 Å². The summed E-state index contributed by atoms with van der Waals surface area (Å²) in [6.07, 6.45) is 10.0. The largest absolute Gasteiger partial charge is 0.466 e. The van der Waals surface area contributed by atoms with Crippen LogP contribution in [0.1, 0.15) is 67.2 Å². The van der Waals surface area contributed by atoms with Crippen molar-refractivity contribution in [2.75, 3.05) is 26.9 Å². The zero-order valence-corrected chi connectivity index (χ0v) is 30.1. The molecule has 3 saturated carbocycles. The predicted molar refractivity (Wildman–Crippen MR) is 176 cm³/mol. The molecule has 3 fully saturated rings. The molecule has 10 heteroatoms. The van der Waals surface area contributed by atoms with Crippen molar-refractivity contribution in [1.29, 1.82) is 0 Å². The van der Waals surface area contributed by atoms with Crippen LogP contribution in [0.4, 0.5) is 0 Å². The highest BCUT2D eigenvalue weighted by Gasteiger charge is 2.64. The van der Waals surface area contributed by atoms with Gasteiger partial charge in [0.25, 0.3) is 0 Å². The SMILES string of the molecule is COC(=O)/C=C/C(=O)OC(CO)COCC(=O)[C@H]1CC[C@H]2[C@@H]3C[C@H](C)C4=CC(=O)C=C[C@]4(C)[C@H]3[C@@H](O[Si](C)(C)C(C)(C)C)C[C@]12C. The number of hydrogen-bond donors (Lipinski definition) is 1. The van der Waals surface area contributed by atoms with Crippen molar-refractivity contribution in [3.05, 3.63) is 36.0 Å². The Morgan fingerprint density at radius 3 is 2.43 bits per heavy atom. The van der Waals surface area contributed by atoms with Crippen molar-refractivity contribution < 1.29 is 42.9 Å². The standard InChI is InChI=1S/C36H54O9Si/c1-22-16-25-26-10-11-27(29(39)21-43-20-24(19-37)44-32(41)13-12-31(40)42-7)36(26,6)18-30(45-46(8,9)34(2,3)4)33(25)35(5)15-14-23(38)17-28(22)35/h12-15,17,22,24-27,30,33,37H,10-11,16,18-21H2,1-9H3/b13-12+/t22-,24?,25-,26-,27+,30-,33+,35-,36-/m0/s1. The summed E-state index contributed by atoms with van der Waals surface area (Å²) in [7, 11) is -1.00. The lowest BCUT2D eigenvalue weighted by Gasteiger charge is -2.62. The molecule has 1 N–H and O–H groups in total. The monoisotopic (exact) mass is 658 g/mol. The van der Waals surface area contributed by atoms with Gasteiger partial charge in [-0.05, 0) is 85.1 Å². The number of rotatable bonds is 11. The lowest BCUT2D eigenvalue weighted by Crippen LogP contribution is -2.60. The van der Waals surface area contributed by atoms with Gasteiger partial charge >= 0.3 is 11.9 Å². The summed E-state index contributed by atoms with van der Waals surface area (Å²) in [4.78, 5) is 49.6. The number of methoxy groups -OCH3 is 1. The highest BCUT2D eigenvalue weighted by molar-refractivity contribution is 6.74. The Balaban J connectivity index is 1.54. The van der Waals surface area contributed by atoms with Crippen molar-refractivity contribution in [3.8, 4) is 0 Å². The van der Waals surface area contributed by atoms with Gasteiger partial charge in [-0.1, -0.05) is 53.2 Å². The number of aliphatic hydroxyl groups is 1. The van der Waals surface area contributed by atoms with E-state index in [0.717, 1.165) is 37.8 Å². The quantitative estimate of drug-likeness (QED) is 0.177. The van der Waals surface area contributed by atoms with Crippen LogP contribution in [-0.2, 0) is 37.8 Å². The number of esters is 2. The van der Waals surface area contributed by atoms with E-state index in [9.17, 15) is 24.3 Å². The molecule has 4 aliphatic rings. The molecule has 0 amide bonds. The fourth-order valence-corrected chi connectivity index (χ4v) is 10.2. The number of ether oxygens (including phenoxy) is 3. The first-order valence-electron chi connectivity index (χ1n) is 16.7. The number of carbonyl (C=O) groups excluding carboxylic acids is 4. The van der Waals surface area contributed by atoms with E-state index in [1.165, 1.54) is 12.7 Å². The Labute approximate surface area is 275 Å². The highest BCUT2D eigenvalue weighted by Crippen LogP contribution is 2.67. The second kappa shape index (κ2) is 13.6. The molecule has 0 saturated heterocycles. The first-order valence-corrected chi connectivity index (χ1v) is 19.6. The van der Waals surface area contributed by atoms with Gasteiger partial charge in [-0.2, -0.15) is 0 Å². The molecule has 0 spiro atoms. The summed E-state index contributed by atoms with van der Waals surface area (Å²) in [5, 5.41) is 9.72. The molecular weight excluding hydrogens is 604 g/mol. The Morgan fingerprint density at radius 2 is 1.80 bits per heavy atom. The van der Waals surface area contributed by atoms with E-state index in [0.29, 0.717) is 11.8 Å². The van der Waals surface area contributed by atoms with Gasteiger partial charge < -0.3 is 23.7 Å². The van der Waals surface area contributed by atoms with Crippen molar-refractivity contribution >= 4 is 31.8 Å². The Hall–Kier alpha value is -2.40. The number of allylic oxidation sites excluding steroid dienone is 4. The lowest BCUT2D eigenvalue weighted by atomic mass is 9.45. The molecule has 1 unspecified atom stereocenters. The van der Waals surface area contributed by atoms with E-state index in [-0.39, 0.29) is 64.5 Å². The van der Waals surface area contributed by atoms with Crippen LogP contribution >= 0.6 is 0 Å². The highest BCUT2D eigenvalue weighted by atomic mass is 28.4. The summed E-state index contributed by atoms with van der Waals surface area (Å²) in [6, 6.07) is 0. The average molecular weight is 659 g/mol. The maximum Gasteiger partial charge on any atom is 0.331 e. The van der Waals surface area contributed by atoms with Crippen molar-refractivity contribution in [3.63, 3.8) is 0 Å². The Kier molecular flexibility index (Phi) is 10.8. The third-order valence-corrected chi connectivity index (χ3v) is 16.5. The third-order valence-electron chi connectivity index (χ3n) is 12.0. The zero-order chi connectivity index (χ0) is 34.2. The van der Waals surface area contributed by atoms with Gasteiger partial charge in [0.2, 0.25) is 0 Å². The van der Waals surface area contributed by atoms with Crippen LogP contribution in [-0.4, -0.2) is 76.1 Å². The number of Topliss-reactive ketones (excluding diaryl/α,β-unsaturated/α-hetero) is 1. The molecule has 0 aromatic carbocycles. The molecule has 0 aliphatic heterocycles. The molecule has 0 aromatic heterocycles. The molecule has 9 atom stereocenters. The molecule has 0 bridgehead atoms. The lowest BCUT2D eigenvalue weighted by molar-refractivity contribution is -0.151. The number of ketones is 2.